The van der Waals surface area contributed by atoms with Gasteiger partial charge in [-0.1, -0.05) is 45.0 Å². The van der Waals surface area contributed by atoms with Crippen molar-refractivity contribution in [3.63, 3.8) is 0 Å². The van der Waals surface area contributed by atoms with E-state index in [1.807, 2.05) is 13.1 Å². The molecule has 0 fully saturated rings. The molecule has 3 aromatic rings. The Morgan fingerprint density at radius 1 is 1.08 bits per heavy atom. The Bertz CT molecular complexity index is 871. The lowest BCUT2D eigenvalue weighted by Crippen LogP contribution is -2.11. The predicted molar refractivity (Wildman–Crippen MR) is 102 cm³/mol. The number of fused-ring (bicyclic) bond motifs is 1. The summed E-state index contributed by atoms with van der Waals surface area (Å²) in [6.07, 6.45) is 2.04. The molecular weight excluding hydrogens is 296 g/mol. The van der Waals surface area contributed by atoms with Crippen LogP contribution in [0.2, 0.25) is 0 Å². The highest BCUT2D eigenvalue weighted by Gasteiger charge is 2.17. The van der Waals surface area contributed by atoms with Crippen LogP contribution in [0, 0.1) is 0 Å². The summed E-state index contributed by atoms with van der Waals surface area (Å²) in [6.45, 7) is 8.71. The molecule has 0 bridgehead atoms. The lowest BCUT2D eigenvalue weighted by molar-refractivity contribution is 0.241. The summed E-state index contributed by atoms with van der Waals surface area (Å²) in [5.74, 6) is 0. The first-order valence-corrected chi connectivity index (χ1v) is 8.43. The lowest BCUT2D eigenvalue weighted by Gasteiger charge is -2.20. The predicted octanol–water partition coefficient (Wildman–Crippen LogP) is 4.74. The summed E-state index contributed by atoms with van der Waals surface area (Å²) in [5, 5.41) is 10.6. The van der Waals surface area contributed by atoms with Gasteiger partial charge in [0.15, 0.2) is 0 Å². The summed E-state index contributed by atoms with van der Waals surface area (Å²) >= 11 is 0. The Hall–Kier alpha value is -2.26. The van der Waals surface area contributed by atoms with Gasteiger partial charge in [0.1, 0.15) is 0 Å². The van der Waals surface area contributed by atoms with E-state index < -0.39 is 0 Å². The first kappa shape index (κ1) is 16.6. The minimum Gasteiger partial charge on any atom is -0.398 e. The zero-order chi connectivity index (χ0) is 17.5. The number of nitrogens with zero attached hydrogens (tertiary/aromatic N) is 1. The SMILES string of the molecule is CC(CO)n1ccc2c(-c3ccc(C(C)(C)C)cc3N)cccc21. The van der Waals surface area contributed by atoms with Crippen LogP contribution in [0.3, 0.4) is 0 Å². The van der Waals surface area contributed by atoms with E-state index in [0.717, 1.165) is 27.7 Å². The van der Waals surface area contributed by atoms with Crippen LogP contribution < -0.4 is 5.73 Å². The minimum absolute atomic E-state index is 0.0540. The molecule has 0 saturated carbocycles. The van der Waals surface area contributed by atoms with Gasteiger partial charge in [-0.2, -0.15) is 0 Å². The average Bonchev–Trinajstić information content (AvgIpc) is 2.97. The van der Waals surface area contributed by atoms with Crippen LogP contribution in [0.25, 0.3) is 22.0 Å². The molecule has 0 aliphatic rings. The van der Waals surface area contributed by atoms with Crippen molar-refractivity contribution >= 4 is 16.6 Å². The normalized spacial score (nSPS) is 13.4. The Kier molecular flexibility index (Phi) is 4.14. The fourth-order valence-corrected chi connectivity index (χ4v) is 3.17. The molecule has 3 rings (SSSR count). The highest BCUT2D eigenvalue weighted by molar-refractivity contribution is 5.98. The van der Waals surface area contributed by atoms with Gasteiger partial charge < -0.3 is 15.4 Å². The number of aliphatic hydroxyl groups is 1. The summed E-state index contributed by atoms with van der Waals surface area (Å²) in [7, 11) is 0. The average molecular weight is 322 g/mol. The van der Waals surface area contributed by atoms with E-state index in [-0.39, 0.29) is 18.1 Å². The molecular formula is C21H26N2O. The molecule has 0 radical (unpaired) electrons. The fourth-order valence-electron chi connectivity index (χ4n) is 3.17. The first-order valence-electron chi connectivity index (χ1n) is 8.43. The summed E-state index contributed by atoms with van der Waals surface area (Å²) in [4.78, 5) is 0. The van der Waals surface area contributed by atoms with E-state index >= 15 is 0 Å². The number of aromatic nitrogens is 1. The number of nitrogens with two attached hydrogens (primary N) is 1. The number of benzene rings is 2. The standard InChI is InChI=1S/C21H26N2O/c1-14(13-24)23-11-10-18-16(6-5-7-20(18)23)17-9-8-15(12-19(17)22)21(2,3)4/h5-12,14,24H,13,22H2,1-4H3. The maximum absolute atomic E-state index is 9.46. The summed E-state index contributed by atoms with van der Waals surface area (Å²) in [5.41, 5.74) is 11.8. The van der Waals surface area contributed by atoms with Crippen molar-refractivity contribution in [3.8, 4) is 11.1 Å². The number of rotatable bonds is 3. The molecule has 0 aliphatic carbocycles. The molecule has 3 heteroatoms. The Morgan fingerprint density at radius 3 is 2.46 bits per heavy atom. The third-order valence-corrected chi connectivity index (χ3v) is 4.71. The topological polar surface area (TPSA) is 51.2 Å². The molecule has 0 saturated heterocycles. The van der Waals surface area contributed by atoms with E-state index in [2.05, 4.69) is 67.8 Å². The van der Waals surface area contributed by atoms with Gasteiger partial charge in [-0.15, -0.1) is 0 Å². The van der Waals surface area contributed by atoms with Crippen molar-refractivity contribution in [3.05, 3.63) is 54.2 Å². The molecule has 0 spiro atoms. The Balaban J connectivity index is 2.15. The second-order valence-corrected chi connectivity index (χ2v) is 7.55. The van der Waals surface area contributed by atoms with Crippen molar-refractivity contribution in [2.45, 2.75) is 39.2 Å². The lowest BCUT2D eigenvalue weighted by atomic mass is 9.85. The molecule has 1 aromatic heterocycles. The fraction of sp³-hybridized carbons (Fsp3) is 0.333. The second kappa shape index (κ2) is 5.99. The second-order valence-electron chi connectivity index (χ2n) is 7.55. The van der Waals surface area contributed by atoms with Crippen LogP contribution in [0.4, 0.5) is 5.69 Å². The van der Waals surface area contributed by atoms with Gasteiger partial charge in [0.05, 0.1) is 12.6 Å². The molecule has 1 heterocycles. The van der Waals surface area contributed by atoms with Gasteiger partial charge in [-0.3, -0.25) is 0 Å². The Labute approximate surface area is 143 Å². The summed E-state index contributed by atoms with van der Waals surface area (Å²) in [6, 6.07) is 14.8. The van der Waals surface area contributed by atoms with Gasteiger partial charge in [-0.05, 0) is 41.7 Å². The van der Waals surface area contributed by atoms with Crippen molar-refractivity contribution in [2.75, 3.05) is 12.3 Å². The molecule has 24 heavy (non-hydrogen) atoms. The van der Waals surface area contributed by atoms with Crippen molar-refractivity contribution in [1.29, 1.82) is 0 Å². The van der Waals surface area contributed by atoms with Crippen LogP contribution in [0.5, 0.6) is 0 Å². The smallest absolute Gasteiger partial charge is 0.0636 e. The van der Waals surface area contributed by atoms with E-state index in [0.29, 0.717) is 0 Å². The van der Waals surface area contributed by atoms with Crippen LogP contribution in [0.15, 0.2) is 48.7 Å². The van der Waals surface area contributed by atoms with Crippen LogP contribution in [-0.4, -0.2) is 16.3 Å². The van der Waals surface area contributed by atoms with Gasteiger partial charge >= 0.3 is 0 Å². The molecule has 126 valence electrons. The van der Waals surface area contributed by atoms with Crippen molar-refractivity contribution < 1.29 is 5.11 Å². The molecule has 0 aliphatic heterocycles. The molecule has 0 amide bonds. The van der Waals surface area contributed by atoms with Crippen LogP contribution >= 0.6 is 0 Å². The first-order chi connectivity index (χ1) is 11.3. The van der Waals surface area contributed by atoms with Crippen molar-refractivity contribution in [1.82, 2.24) is 4.57 Å². The largest absolute Gasteiger partial charge is 0.398 e. The number of anilines is 1. The zero-order valence-electron chi connectivity index (χ0n) is 14.9. The van der Waals surface area contributed by atoms with Crippen LogP contribution in [0.1, 0.15) is 39.3 Å². The van der Waals surface area contributed by atoms with Gasteiger partial charge in [0, 0.05) is 28.4 Å². The zero-order valence-corrected chi connectivity index (χ0v) is 14.9. The van der Waals surface area contributed by atoms with Crippen LogP contribution in [-0.2, 0) is 5.41 Å². The van der Waals surface area contributed by atoms with Gasteiger partial charge in [0.2, 0.25) is 0 Å². The minimum atomic E-state index is 0.0540. The maximum atomic E-state index is 9.46. The number of nitrogen functional groups attached to an aromatic ring is 1. The highest BCUT2D eigenvalue weighted by Crippen LogP contribution is 2.36. The monoisotopic (exact) mass is 322 g/mol. The van der Waals surface area contributed by atoms with E-state index in [9.17, 15) is 5.11 Å². The van der Waals surface area contributed by atoms with E-state index in [1.54, 1.807) is 0 Å². The number of aliphatic hydroxyl groups excluding tert-OH is 1. The molecule has 3 N–H and O–H groups in total. The summed E-state index contributed by atoms with van der Waals surface area (Å²) < 4.78 is 2.11. The van der Waals surface area contributed by atoms with Gasteiger partial charge in [-0.25, -0.2) is 0 Å². The van der Waals surface area contributed by atoms with E-state index in [4.69, 9.17) is 5.73 Å². The third-order valence-electron chi connectivity index (χ3n) is 4.71. The molecule has 1 atom stereocenters. The number of hydrogen-bond donors (Lipinski definition) is 2. The molecule has 3 nitrogen and oxygen atoms in total. The van der Waals surface area contributed by atoms with Gasteiger partial charge in [0.25, 0.3) is 0 Å². The number of hydrogen-bond acceptors (Lipinski definition) is 2. The third kappa shape index (κ3) is 2.80. The highest BCUT2D eigenvalue weighted by atomic mass is 16.3. The quantitative estimate of drug-likeness (QED) is 0.684. The van der Waals surface area contributed by atoms with Crippen molar-refractivity contribution in [2.24, 2.45) is 0 Å². The molecule has 1 unspecified atom stereocenters. The Morgan fingerprint density at radius 2 is 1.83 bits per heavy atom. The van der Waals surface area contributed by atoms with E-state index in [1.165, 1.54) is 5.56 Å². The molecule has 2 aromatic carbocycles. The maximum Gasteiger partial charge on any atom is 0.0636 e.